The molecule has 1 aromatic heterocycles. The molecule has 0 unspecified atom stereocenters. The Morgan fingerprint density at radius 2 is 1.24 bits per heavy atom. The van der Waals surface area contributed by atoms with Crippen molar-refractivity contribution in [3.8, 4) is 0 Å². The maximum Gasteiger partial charge on any atom is 0.336 e. The van der Waals surface area contributed by atoms with Crippen LogP contribution >= 0.6 is 23.3 Å². The van der Waals surface area contributed by atoms with Crippen LogP contribution in [0.25, 0.3) is 11.0 Å². The van der Waals surface area contributed by atoms with Crippen molar-refractivity contribution in [1.29, 1.82) is 0 Å². The van der Waals surface area contributed by atoms with Gasteiger partial charge in [0, 0.05) is 26.1 Å². The Kier molecular flexibility index (Phi) is 4.24. The smallest absolute Gasteiger partial charge is 0.336 e. The first-order chi connectivity index (χ1) is 12.2. The Morgan fingerprint density at radius 3 is 1.84 bits per heavy atom. The lowest BCUT2D eigenvalue weighted by atomic mass is 10.2. The van der Waals surface area contributed by atoms with Crippen LogP contribution in [0, 0.1) is 0 Å². The number of benzene rings is 3. The number of fused-ring (bicyclic) bond motifs is 1. The highest BCUT2D eigenvalue weighted by molar-refractivity contribution is 9.58. The molecule has 0 saturated heterocycles. The topological polar surface area (TPSA) is 30.2 Å². The second kappa shape index (κ2) is 6.54. The van der Waals surface area contributed by atoms with E-state index in [0.29, 0.717) is 5.58 Å². The zero-order valence-electron chi connectivity index (χ0n) is 13.3. The summed E-state index contributed by atoms with van der Waals surface area (Å²) in [5, 5.41) is 0.915. The average Bonchev–Trinajstić information content (AvgIpc) is 2.68. The first kappa shape index (κ1) is 16.2. The second-order valence-corrected chi connectivity index (χ2v) is 11.0. The van der Waals surface area contributed by atoms with Gasteiger partial charge >= 0.3 is 5.63 Å². The first-order valence-corrected chi connectivity index (χ1v) is 11.3. The second-order valence-electron chi connectivity index (χ2n) is 5.62. The van der Waals surface area contributed by atoms with Crippen molar-refractivity contribution >= 4 is 34.2 Å². The Morgan fingerprint density at radius 1 is 0.680 bits per heavy atom. The van der Waals surface area contributed by atoms with E-state index in [1.165, 1.54) is 15.9 Å². The lowest BCUT2D eigenvalue weighted by Gasteiger charge is -2.34. The summed E-state index contributed by atoms with van der Waals surface area (Å²) in [6, 6.07) is 30.0. The quantitative estimate of drug-likeness (QED) is 0.366. The Hall–Kier alpha value is -2.30. The van der Waals surface area contributed by atoms with Crippen molar-refractivity contribution in [3.63, 3.8) is 0 Å². The summed E-state index contributed by atoms with van der Waals surface area (Å²) in [5.74, 6) is 0. The number of hydrogen-bond donors (Lipinski definition) is 0. The van der Waals surface area contributed by atoms with Crippen LogP contribution in [-0.4, -0.2) is 0 Å². The fraction of sp³-hybridized carbons (Fsp3) is 0. The highest BCUT2D eigenvalue weighted by Gasteiger charge is 2.28. The summed E-state index contributed by atoms with van der Waals surface area (Å²) in [7, 11) is -1.63. The predicted octanol–water partition coefficient (Wildman–Crippen LogP) is 6.38. The van der Waals surface area contributed by atoms with Gasteiger partial charge < -0.3 is 4.42 Å². The van der Waals surface area contributed by atoms with Crippen LogP contribution in [0.4, 0.5) is 0 Å². The van der Waals surface area contributed by atoms with Crippen LogP contribution in [-0.2, 0) is 0 Å². The van der Waals surface area contributed by atoms with Crippen LogP contribution < -0.4 is 5.63 Å². The summed E-state index contributed by atoms with van der Waals surface area (Å²) in [4.78, 5) is 15.1. The molecule has 4 rings (SSSR count). The van der Waals surface area contributed by atoms with E-state index in [4.69, 9.17) is 4.42 Å². The minimum atomic E-state index is -1.63. The number of rotatable bonds is 3. The molecule has 2 nitrogen and oxygen atoms in total. The fourth-order valence-corrected chi connectivity index (χ4v) is 7.15. The molecule has 0 bridgehead atoms. The van der Waals surface area contributed by atoms with Gasteiger partial charge in [-0.2, -0.15) is 0 Å². The van der Waals surface area contributed by atoms with Crippen LogP contribution in [0.3, 0.4) is 0 Å². The molecule has 4 aromatic rings. The van der Waals surface area contributed by atoms with E-state index in [9.17, 15) is 4.79 Å². The standard InChI is InChI=1S/C21H15BrO2S/c22-25(17-7-3-1-4-8-17,18-9-5-2-6-10-18)19-13-11-16-12-14-21(23)24-20(16)15-19/h1-15H. The van der Waals surface area contributed by atoms with E-state index in [0.717, 1.165) is 10.3 Å². The number of hydrogen-bond acceptors (Lipinski definition) is 2. The Balaban J connectivity index is 2.00. The minimum absolute atomic E-state index is 0.334. The highest BCUT2D eigenvalue weighted by Crippen LogP contribution is 2.73. The van der Waals surface area contributed by atoms with Gasteiger partial charge in [0.15, 0.2) is 0 Å². The summed E-state index contributed by atoms with van der Waals surface area (Å²) < 4.78 is 5.41. The molecule has 4 heteroatoms. The molecule has 3 aromatic carbocycles. The molecule has 0 atom stereocenters. The van der Waals surface area contributed by atoms with E-state index >= 15 is 0 Å². The molecular weight excluding hydrogens is 396 g/mol. The van der Waals surface area contributed by atoms with E-state index in [1.807, 2.05) is 48.5 Å². The van der Waals surface area contributed by atoms with E-state index in [-0.39, 0.29) is 5.63 Å². The van der Waals surface area contributed by atoms with Crippen molar-refractivity contribution in [2.45, 2.75) is 14.7 Å². The zero-order valence-corrected chi connectivity index (χ0v) is 15.7. The van der Waals surface area contributed by atoms with Gasteiger partial charge in [0.1, 0.15) is 5.58 Å². The molecule has 0 aliphatic rings. The van der Waals surface area contributed by atoms with Crippen LogP contribution in [0.5, 0.6) is 0 Å². The third kappa shape index (κ3) is 2.92. The molecule has 0 amide bonds. The molecule has 0 spiro atoms. The lowest BCUT2D eigenvalue weighted by molar-refractivity contribution is 0.560. The van der Waals surface area contributed by atoms with Crippen LogP contribution in [0.1, 0.15) is 0 Å². The summed E-state index contributed by atoms with van der Waals surface area (Å²) >= 11 is 4.08. The van der Waals surface area contributed by atoms with Gasteiger partial charge in [-0.25, -0.2) is 4.79 Å². The van der Waals surface area contributed by atoms with Crippen molar-refractivity contribution < 1.29 is 4.42 Å². The molecule has 0 N–H and O–H groups in total. The van der Waals surface area contributed by atoms with Gasteiger partial charge in [-0.3, -0.25) is 0 Å². The van der Waals surface area contributed by atoms with E-state index in [1.54, 1.807) is 6.07 Å². The molecular formula is C21H15BrO2S. The normalized spacial score (nSPS) is 12.2. The van der Waals surface area contributed by atoms with E-state index < -0.39 is 8.46 Å². The molecule has 0 aliphatic carbocycles. The van der Waals surface area contributed by atoms with Gasteiger partial charge in [-0.1, -0.05) is 42.5 Å². The van der Waals surface area contributed by atoms with Gasteiger partial charge in [0.2, 0.25) is 0 Å². The monoisotopic (exact) mass is 410 g/mol. The van der Waals surface area contributed by atoms with Crippen molar-refractivity contribution in [3.05, 3.63) is 101 Å². The van der Waals surface area contributed by atoms with Crippen molar-refractivity contribution in [2.24, 2.45) is 0 Å². The van der Waals surface area contributed by atoms with Crippen LogP contribution in [0.2, 0.25) is 0 Å². The molecule has 25 heavy (non-hydrogen) atoms. The molecule has 0 aliphatic heterocycles. The Bertz CT molecular complexity index is 1040. The summed E-state index contributed by atoms with van der Waals surface area (Å²) in [5.41, 5.74) is 0.271. The molecule has 124 valence electrons. The fourth-order valence-electron chi connectivity index (χ4n) is 2.84. The third-order valence-electron chi connectivity index (χ3n) is 4.06. The van der Waals surface area contributed by atoms with Crippen LogP contribution in [0.15, 0.2) is 115 Å². The van der Waals surface area contributed by atoms with Gasteiger partial charge in [-0.15, -0.1) is 8.46 Å². The largest absolute Gasteiger partial charge is 0.423 e. The zero-order chi connectivity index (χ0) is 17.3. The lowest BCUT2D eigenvalue weighted by Crippen LogP contribution is -1.98. The minimum Gasteiger partial charge on any atom is -0.423 e. The first-order valence-electron chi connectivity index (χ1n) is 7.85. The van der Waals surface area contributed by atoms with Crippen molar-refractivity contribution in [1.82, 2.24) is 0 Å². The van der Waals surface area contributed by atoms with Gasteiger partial charge in [-0.05, 0) is 57.3 Å². The Labute approximate surface area is 154 Å². The molecule has 1 heterocycles. The van der Waals surface area contributed by atoms with Gasteiger partial charge in [0.05, 0.1) is 0 Å². The molecule has 0 radical (unpaired) electrons. The maximum atomic E-state index is 11.6. The third-order valence-corrected chi connectivity index (χ3v) is 10.2. The maximum absolute atomic E-state index is 11.6. The van der Waals surface area contributed by atoms with E-state index in [2.05, 4.69) is 45.1 Å². The average molecular weight is 411 g/mol. The summed E-state index contributed by atoms with van der Waals surface area (Å²) in [6.45, 7) is 0. The molecule has 0 fully saturated rings. The van der Waals surface area contributed by atoms with Gasteiger partial charge in [0.25, 0.3) is 0 Å². The SMILES string of the molecule is O=c1ccc2ccc(S(Br)(c3ccccc3)c3ccccc3)cc2o1. The highest BCUT2D eigenvalue weighted by atomic mass is 79.9. The van der Waals surface area contributed by atoms with Crippen molar-refractivity contribution in [2.75, 3.05) is 0 Å². The molecule has 0 saturated carbocycles. The number of halogens is 1. The summed E-state index contributed by atoms with van der Waals surface area (Å²) in [6.07, 6.45) is 0. The predicted molar refractivity (Wildman–Crippen MR) is 107 cm³/mol.